The number of carbonyl (C=O) groups excluding carboxylic acids is 3. The molecule has 0 bridgehead atoms. The van der Waals surface area contributed by atoms with Crippen molar-refractivity contribution in [2.24, 2.45) is 17.8 Å². The van der Waals surface area contributed by atoms with Gasteiger partial charge in [0.05, 0.1) is 25.1 Å². The second-order valence-corrected chi connectivity index (χ2v) is 16.4. The number of aromatic nitrogens is 1. The Morgan fingerprint density at radius 1 is 1.12 bits per heavy atom. The van der Waals surface area contributed by atoms with Gasteiger partial charge in [-0.1, -0.05) is 44.2 Å². The Morgan fingerprint density at radius 2 is 1.84 bits per heavy atom. The number of sulfonamides is 1. The van der Waals surface area contributed by atoms with E-state index in [1.54, 1.807) is 0 Å². The number of rotatable bonds is 7. The number of carboxylic acid groups (broad SMARTS) is 1. The average Bonchev–Trinajstić information content (AvgIpc) is 4.01. The highest BCUT2D eigenvalue weighted by Gasteiger charge is 2.63. The van der Waals surface area contributed by atoms with E-state index in [1.807, 2.05) is 50.3 Å². The lowest BCUT2D eigenvalue weighted by atomic mass is 9.88. The molecule has 0 unspecified atom stereocenters. The molecule has 4 aliphatic rings. The highest BCUT2D eigenvalue weighted by molar-refractivity contribution is 7.90. The van der Waals surface area contributed by atoms with E-state index in [2.05, 4.69) is 15.6 Å². The van der Waals surface area contributed by atoms with Gasteiger partial charge in [-0.2, -0.15) is 0 Å². The molecule has 270 valence electrons. The van der Waals surface area contributed by atoms with E-state index < -0.39 is 74.7 Å². The SMILES string of the molecule is COc1cnc(O[C@@H]2C[C@H]3C(=O)N[C@]4(C(=O)N(C)S(=O)(=O)C5CC5)C[C@H]4C=CCC[C@H](C)C[C@@H](C)[C@H](NC(=O)O)C(=O)N3C2)c2ccccc12. The molecule has 1 saturated heterocycles. The maximum Gasteiger partial charge on any atom is 0.405 e. The maximum atomic E-state index is 14.3. The molecule has 2 saturated carbocycles. The van der Waals surface area contributed by atoms with Crippen molar-refractivity contribution in [2.45, 2.75) is 87.8 Å². The molecule has 1 aromatic heterocycles. The lowest BCUT2D eigenvalue weighted by Crippen LogP contribution is -2.59. The fraction of sp³-hybridized carbons (Fsp3) is 0.571. The topological polar surface area (TPSA) is 185 Å². The van der Waals surface area contributed by atoms with Crippen LogP contribution in [0.1, 0.15) is 58.8 Å². The Bertz CT molecular complexity index is 1810. The molecule has 2 aromatic rings. The number of methoxy groups -OCH3 is 1. The van der Waals surface area contributed by atoms with Crippen LogP contribution in [0.3, 0.4) is 0 Å². The molecule has 50 heavy (non-hydrogen) atoms. The predicted octanol–water partition coefficient (Wildman–Crippen LogP) is 3.07. The van der Waals surface area contributed by atoms with E-state index in [-0.39, 0.29) is 31.2 Å². The molecule has 4 amide bonds. The van der Waals surface area contributed by atoms with Crippen molar-refractivity contribution in [1.82, 2.24) is 24.8 Å². The smallest absolute Gasteiger partial charge is 0.405 e. The van der Waals surface area contributed by atoms with Gasteiger partial charge in [-0.3, -0.25) is 14.4 Å². The molecule has 15 heteroatoms. The third-order valence-electron chi connectivity index (χ3n) is 10.5. The Balaban J connectivity index is 1.35. The highest BCUT2D eigenvalue weighted by atomic mass is 32.2. The lowest BCUT2D eigenvalue weighted by molar-refractivity contribution is -0.142. The van der Waals surface area contributed by atoms with Crippen molar-refractivity contribution in [3.63, 3.8) is 0 Å². The Morgan fingerprint density at radius 3 is 2.52 bits per heavy atom. The van der Waals surface area contributed by atoms with Crippen LogP contribution < -0.4 is 20.1 Å². The number of likely N-dealkylation sites (N-methyl/N-ethyl adjacent to an activating group) is 1. The van der Waals surface area contributed by atoms with Crippen molar-refractivity contribution >= 4 is 44.6 Å². The average molecular weight is 712 g/mol. The van der Waals surface area contributed by atoms with Crippen LogP contribution in [0.2, 0.25) is 0 Å². The molecule has 2 aliphatic carbocycles. The van der Waals surface area contributed by atoms with Crippen molar-refractivity contribution in [3.05, 3.63) is 42.6 Å². The zero-order chi connectivity index (χ0) is 36.0. The van der Waals surface area contributed by atoms with E-state index in [9.17, 15) is 32.7 Å². The number of amides is 4. The van der Waals surface area contributed by atoms with Gasteiger partial charge in [-0.05, 0) is 56.4 Å². The summed E-state index contributed by atoms with van der Waals surface area (Å²) in [6.07, 6.45) is 6.38. The van der Waals surface area contributed by atoms with E-state index in [1.165, 1.54) is 25.3 Å². The van der Waals surface area contributed by atoms with Gasteiger partial charge in [0.1, 0.15) is 29.5 Å². The van der Waals surface area contributed by atoms with Gasteiger partial charge in [-0.25, -0.2) is 22.5 Å². The van der Waals surface area contributed by atoms with Gasteiger partial charge < -0.3 is 30.1 Å². The second kappa shape index (κ2) is 13.7. The number of benzene rings is 1. The van der Waals surface area contributed by atoms with Gasteiger partial charge in [0.25, 0.3) is 5.91 Å². The predicted molar refractivity (Wildman–Crippen MR) is 183 cm³/mol. The molecule has 2 aliphatic heterocycles. The quantitative estimate of drug-likeness (QED) is 0.361. The normalized spacial score (nSPS) is 30.3. The van der Waals surface area contributed by atoms with Crippen LogP contribution in [-0.2, 0) is 24.4 Å². The molecule has 14 nitrogen and oxygen atoms in total. The van der Waals surface area contributed by atoms with Crippen LogP contribution in [0.15, 0.2) is 42.6 Å². The summed E-state index contributed by atoms with van der Waals surface area (Å²) < 4.78 is 38.8. The number of hydrogen-bond donors (Lipinski definition) is 3. The van der Waals surface area contributed by atoms with Crippen molar-refractivity contribution in [2.75, 3.05) is 20.7 Å². The van der Waals surface area contributed by atoms with Gasteiger partial charge in [-0.15, -0.1) is 0 Å². The van der Waals surface area contributed by atoms with Crippen molar-refractivity contribution < 1.29 is 42.2 Å². The van der Waals surface area contributed by atoms with E-state index in [0.717, 1.165) is 16.1 Å². The lowest BCUT2D eigenvalue weighted by Gasteiger charge is -2.32. The molecule has 3 heterocycles. The van der Waals surface area contributed by atoms with Gasteiger partial charge in [0, 0.05) is 30.2 Å². The number of nitrogens with zero attached hydrogens (tertiary/aromatic N) is 3. The minimum atomic E-state index is -3.89. The third kappa shape index (κ3) is 6.83. The fourth-order valence-electron chi connectivity index (χ4n) is 7.47. The summed E-state index contributed by atoms with van der Waals surface area (Å²) >= 11 is 0. The number of pyridine rings is 1. The second-order valence-electron chi connectivity index (χ2n) is 14.2. The summed E-state index contributed by atoms with van der Waals surface area (Å²) in [6.45, 7) is 3.79. The summed E-state index contributed by atoms with van der Waals surface area (Å²) in [7, 11) is -1.12. The highest BCUT2D eigenvalue weighted by Crippen LogP contribution is 2.48. The minimum absolute atomic E-state index is 0.0190. The number of allylic oxidation sites excluding steroid dienone is 1. The molecule has 6 rings (SSSR count). The summed E-state index contributed by atoms with van der Waals surface area (Å²) in [5.74, 6) is -1.85. The molecule has 1 aromatic carbocycles. The van der Waals surface area contributed by atoms with E-state index in [0.29, 0.717) is 36.8 Å². The fourth-order valence-corrected chi connectivity index (χ4v) is 9.04. The maximum absolute atomic E-state index is 14.3. The Labute approximate surface area is 291 Å². The van der Waals surface area contributed by atoms with E-state index in [4.69, 9.17) is 9.47 Å². The molecular weight excluding hydrogens is 666 g/mol. The largest absolute Gasteiger partial charge is 0.494 e. The van der Waals surface area contributed by atoms with Crippen LogP contribution in [0.25, 0.3) is 10.8 Å². The summed E-state index contributed by atoms with van der Waals surface area (Å²) in [5, 5.41) is 15.8. The minimum Gasteiger partial charge on any atom is -0.494 e. The number of fused-ring (bicyclic) bond motifs is 3. The number of ether oxygens (including phenoxy) is 2. The van der Waals surface area contributed by atoms with Gasteiger partial charge in [0.15, 0.2) is 0 Å². The summed E-state index contributed by atoms with van der Waals surface area (Å²) in [6, 6.07) is 5.07. The molecule has 7 atom stereocenters. The first-order chi connectivity index (χ1) is 23.8. The summed E-state index contributed by atoms with van der Waals surface area (Å²) in [5.41, 5.74) is -1.51. The van der Waals surface area contributed by atoms with Crippen LogP contribution in [0.4, 0.5) is 4.79 Å². The Hall–Kier alpha value is -4.40. The van der Waals surface area contributed by atoms with Crippen molar-refractivity contribution in [3.8, 4) is 11.6 Å². The third-order valence-corrected chi connectivity index (χ3v) is 12.8. The van der Waals surface area contributed by atoms with Crippen LogP contribution in [0, 0.1) is 17.8 Å². The number of nitrogens with one attached hydrogen (secondary N) is 2. The first-order valence-corrected chi connectivity index (χ1v) is 18.7. The number of hydrogen-bond acceptors (Lipinski definition) is 9. The molecule has 0 radical (unpaired) electrons. The van der Waals surface area contributed by atoms with Crippen LogP contribution >= 0.6 is 0 Å². The standard InChI is InChI=1S/C35H45N5O9S/c1-20-9-5-6-10-22-17-35(22,33(43)39(3)50(46,47)24-13-14-24)38-30(41)27-16-23(19-40(27)32(42)29(21(2)15-20)37-34(44)45)49-31-26-12-8-7-11-25(26)28(48-4)18-36-31/h6-8,10-12,18,20-24,27,29,37H,5,9,13-17,19H2,1-4H3,(H,38,41)(H,44,45)/t20-,21+,22+,23+,27-,29-,35+/m0/s1. The zero-order valence-corrected chi connectivity index (χ0v) is 29.5. The Kier molecular flexibility index (Phi) is 9.72. The first kappa shape index (κ1) is 35.4. The molecule has 3 N–H and O–H groups in total. The molecule has 3 fully saturated rings. The van der Waals surface area contributed by atoms with Crippen LogP contribution in [0.5, 0.6) is 11.6 Å². The van der Waals surface area contributed by atoms with Gasteiger partial charge >= 0.3 is 6.09 Å². The molecule has 0 spiro atoms. The zero-order valence-electron chi connectivity index (χ0n) is 28.7. The number of carbonyl (C=O) groups is 4. The summed E-state index contributed by atoms with van der Waals surface area (Å²) in [4.78, 5) is 60.4. The van der Waals surface area contributed by atoms with Gasteiger partial charge in [0.2, 0.25) is 27.7 Å². The van der Waals surface area contributed by atoms with Crippen molar-refractivity contribution in [1.29, 1.82) is 0 Å². The molecular formula is C35H45N5O9S. The monoisotopic (exact) mass is 711 g/mol. The van der Waals surface area contributed by atoms with E-state index >= 15 is 0 Å². The van der Waals surface area contributed by atoms with Crippen LogP contribution in [-0.4, -0.2) is 101 Å². The first-order valence-electron chi connectivity index (χ1n) is 17.2.